The minimum Gasteiger partial charge on any atom is -0.355 e. The van der Waals surface area contributed by atoms with Crippen LogP contribution in [0.1, 0.15) is 43.6 Å². The molecule has 5 nitrogen and oxygen atoms in total. The molecule has 1 amide bonds. The van der Waals surface area contributed by atoms with Crippen LogP contribution in [0.2, 0.25) is 10.0 Å². The van der Waals surface area contributed by atoms with Crippen LogP contribution in [-0.4, -0.2) is 29.0 Å². The number of carbonyl (C=O) groups is 1. The molecule has 1 N–H and O–H groups in total. The third-order valence-corrected chi connectivity index (χ3v) is 5.71. The number of carbonyl (C=O) groups excluding carboxylic acids is 1. The topological polar surface area (TPSA) is 58.1 Å². The molecule has 3 aromatic rings. The highest BCUT2D eigenvalue weighted by Gasteiger charge is 2.30. The number of hydrogen-bond acceptors (Lipinski definition) is 4. The average Bonchev–Trinajstić information content (AvgIpc) is 2.79. The molecule has 0 atom stereocenters. The van der Waals surface area contributed by atoms with Crippen LogP contribution in [0.3, 0.4) is 0 Å². The van der Waals surface area contributed by atoms with Crippen molar-refractivity contribution in [3.8, 4) is 0 Å². The van der Waals surface area contributed by atoms with E-state index in [9.17, 15) is 18.0 Å². The quantitative estimate of drug-likeness (QED) is 0.358. The van der Waals surface area contributed by atoms with Crippen molar-refractivity contribution >= 4 is 45.8 Å². The minimum absolute atomic E-state index is 0.0121. The van der Waals surface area contributed by atoms with Crippen molar-refractivity contribution in [1.29, 1.82) is 0 Å². The molecule has 10 heteroatoms. The number of nitrogens with zero attached hydrogens (tertiary/aromatic N) is 3. The van der Waals surface area contributed by atoms with E-state index in [1.54, 1.807) is 18.2 Å². The smallest absolute Gasteiger partial charge is 0.355 e. The largest absolute Gasteiger partial charge is 0.416 e. The van der Waals surface area contributed by atoms with Crippen molar-refractivity contribution in [2.45, 2.75) is 45.8 Å². The number of halogens is 5. The van der Waals surface area contributed by atoms with Gasteiger partial charge in [-0.15, -0.1) is 0 Å². The van der Waals surface area contributed by atoms with Crippen molar-refractivity contribution in [2.24, 2.45) is 0 Å². The van der Waals surface area contributed by atoms with Gasteiger partial charge < -0.3 is 10.2 Å². The number of fused-ring (bicyclic) bond motifs is 1. The number of benzene rings is 2. The first-order valence-electron chi connectivity index (χ1n) is 11.0. The Morgan fingerprint density at radius 3 is 2.53 bits per heavy atom. The van der Waals surface area contributed by atoms with Gasteiger partial charge in [-0.25, -0.2) is 9.97 Å². The highest BCUT2D eigenvalue weighted by molar-refractivity contribution is 6.38. The number of anilines is 1. The molecular formula is C24H25Cl2F3N4O. The monoisotopic (exact) mass is 512 g/mol. The molecule has 0 spiro atoms. The van der Waals surface area contributed by atoms with E-state index >= 15 is 0 Å². The Hall–Kier alpha value is -2.58. The van der Waals surface area contributed by atoms with E-state index in [2.05, 4.69) is 15.3 Å². The normalized spacial score (nSPS) is 11.6. The minimum atomic E-state index is -4.43. The summed E-state index contributed by atoms with van der Waals surface area (Å²) in [6.45, 7) is 4.98. The van der Waals surface area contributed by atoms with Gasteiger partial charge in [-0.2, -0.15) is 13.2 Å². The van der Waals surface area contributed by atoms with Gasteiger partial charge in [0.2, 0.25) is 5.91 Å². The second-order valence-corrected chi connectivity index (χ2v) is 8.66. The van der Waals surface area contributed by atoms with Crippen molar-refractivity contribution in [1.82, 2.24) is 15.3 Å². The fraction of sp³-hybridized carbons (Fsp3) is 0.375. The number of hydrogen-bond donors (Lipinski definition) is 1. The van der Waals surface area contributed by atoms with E-state index in [-0.39, 0.29) is 18.9 Å². The third kappa shape index (κ3) is 6.51. The molecule has 34 heavy (non-hydrogen) atoms. The zero-order chi connectivity index (χ0) is 24.9. The molecule has 0 bridgehead atoms. The summed E-state index contributed by atoms with van der Waals surface area (Å²) in [4.78, 5) is 23.7. The van der Waals surface area contributed by atoms with Crippen LogP contribution >= 0.6 is 23.2 Å². The first-order chi connectivity index (χ1) is 16.1. The molecule has 0 radical (unpaired) electrons. The summed E-state index contributed by atoms with van der Waals surface area (Å²) in [6, 6.07) is 8.31. The second-order valence-electron chi connectivity index (χ2n) is 7.81. The van der Waals surface area contributed by atoms with Gasteiger partial charge >= 0.3 is 6.18 Å². The Kier molecular flexibility index (Phi) is 8.60. The number of amides is 1. The molecule has 3 rings (SSSR count). The van der Waals surface area contributed by atoms with Crippen LogP contribution in [0.4, 0.5) is 19.0 Å². The maximum Gasteiger partial charge on any atom is 0.416 e. The van der Waals surface area contributed by atoms with Crippen molar-refractivity contribution in [2.75, 3.05) is 18.0 Å². The van der Waals surface area contributed by atoms with E-state index in [1.807, 2.05) is 18.7 Å². The molecule has 0 saturated heterocycles. The van der Waals surface area contributed by atoms with E-state index in [1.165, 1.54) is 6.07 Å². The van der Waals surface area contributed by atoms with Crippen LogP contribution < -0.4 is 10.2 Å². The lowest BCUT2D eigenvalue weighted by molar-refractivity contribution is -0.137. The molecule has 1 aromatic heterocycles. The lowest BCUT2D eigenvalue weighted by atomic mass is 10.1. The Morgan fingerprint density at radius 2 is 1.85 bits per heavy atom. The Balaban J connectivity index is 1.75. The van der Waals surface area contributed by atoms with Gasteiger partial charge in [0.05, 0.1) is 16.1 Å². The van der Waals surface area contributed by atoms with Gasteiger partial charge in [0.15, 0.2) is 0 Å². The number of aryl methyl sites for hydroxylation is 1. The van der Waals surface area contributed by atoms with E-state index in [4.69, 9.17) is 23.2 Å². The predicted molar refractivity (Wildman–Crippen MR) is 129 cm³/mol. The summed E-state index contributed by atoms with van der Waals surface area (Å²) in [5.74, 6) is 1.00. The lowest BCUT2D eigenvalue weighted by Gasteiger charge is -2.25. The third-order valence-electron chi connectivity index (χ3n) is 5.21. The first-order valence-corrected chi connectivity index (χ1v) is 11.7. The molecule has 0 aliphatic carbocycles. The summed E-state index contributed by atoms with van der Waals surface area (Å²) in [6.07, 6.45) is -2.86. The fourth-order valence-electron chi connectivity index (χ4n) is 3.56. The van der Waals surface area contributed by atoms with Crippen molar-refractivity contribution in [3.63, 3.8) is 0 Å². The number of nitrogens with one attached hydrogen (secondary N) is 1. The van der Waals surface area contributed by atoms with Crippen LogP contribution in [0.5, 0.6) is 0 Å². The van der Waals surface area contributed by atoms with Gasteiger partial charge in [-0.3, -0.25) is 4.79 Å². The number of alkyl halides is 3. The van der Waals surface area contributed by atoms with Gasteiger partial charge in [-0.05, 0) is 36.2 Å². The van der Waals surface area contributed by atoms with Gasteiger partial charge in [0.25, 0.3) is 0 Å². The zero-order valence-electron chi connectivity index (χ0n) is 18.8. The molecule has 0 saturated carbocycles. The summed E-state index contributed by atoms with van der Waals surface area (Å²) >= 11 is 12.6. The molecular weight excluding hydrogens is 488 g/mol. The summed E-state index contributed by atoms with van der Waals surface area (Å²) in [5, 5.41) is 4.29. The zero-order valence-corrected chi connectivity index (χ0v) is 20.4. The summed E-state index contributed by atoms with van der Waals surface area (Å²) in [7, 11) is 0. The Bertz CT molecular complexity index is 1170. The Morgan fingerprint density at radius 1 is 1.09 bits per heavy atom. The highest BCUT2D eigenvalue weighted by atomic mass is 35.5. The molecule has 1 heterocycles. The molecule has 182 valence electrons. The molecule has 0 aliphatic rings. The van der Waals surface area contributed by atoms with Crippen molar-refractivity contribution < 1.29 is 18.0 Å². The van der Waals surface area contributed by atoms with E-state index in [0.29, 0.717) is 57.7 Å². The van der Waals surface area contributed by atoms with Gasteiger partial charge in [0, 0.05) is 42.9 Å². The van der Waals surface area contributed by atoms with Crippen LogP contribution in [0.25, 0.3) is 10.9 Å². The molecule has 0 fully saturated rings. The first kappa shape index (κ1) is 26.0. The Labute approximate surface area is 206 Å². The highest BCUT2D eigenvalue weighted by Crippen LogP contribution is 2.33. The molecule has 2 aromatic carbocycles. The fourth-order valence-corrected chi connectivity index (χ4v) is 4.10. The van der Waals surface area contributed by atoms with Crippen molar-refractivity contribution in [3.05, 3.63) is 63.4 Å². The molecule has 0 unspecified atom stereocenters. The standard InChI is InChI=1S/C24H25Cl2F3N4O/c1-3-9-33(23-18-12-17(25)13-19(26)22(18)31-20(4-2)32-23)10-8-21(34)30-14-15-6-5-7-16(11-15)24(27,28)29/h5-7,11-13H,3-4,8-10,14H2,1-2H3,(H,30,34). The summed E-state index contributed by atoms with van der Waals surface area (Å²) < 4.78 is 38.7. The van der Waals surface area contributed by atoms with Gasteiger partial charge in [0.1, 0.15) is 11.6 Å². The number of rotatable bonds is 9. The second kappa shape index (κ2) is 11.2. The van der Waals surface area contributed by atoms with Gasteiger partial charge in [-0.1, -0.05) is 49.2 Å². The average molecular weight is 513 g/mol. The van der Waals surface area contributed by atoms with Crippen LogP contribution in [0.15, 0.2) is 36.4 Å². The van der Waals surface area contributed by atoms with E-state index in [0.717, 1.165) is 18.6 Å². The summed E-state index contributed by atoms with van der Waals surface area (Å²) in [5.41, 5.74) is 0.239. The lowest BCUT2D eigenvalue weighted by Crippen LogP contribution is -2.32. The van der Waals surface area contributed by atoms with E-state index < -0.39 is 11.7 Å². The van der Waals surface area contributed by atoms with Crippen LogP contribution in [0, 0.1) is 0 Å². The molecule has 0 aliphatic heterocycles. The number of aromatic nitrogens is 2. The maximum atomic E-state index is 12.9. The SMILES string of the molecule is CCCN(CCC(=O)NCc1cccc(C(F)(F)F)c1)c1nc(CC)nc2c(Cl)cc(Cl)cc12. The maximum absolute atomic E-state index is 12.9. The van der Waals surface area contributed by atoms with Crippen LogP contribution in [-0.2, 0) is 23.9 Å². The predicted octanol–water partition coefficient (Wildman–Crippen LogP) is 6.44.